The van der Waals surface area contributed by atoms with Crippen molar-refractivity contribution in [3.8, 4) is 0 Å². The molecule has 2 fully saturated rings. The van der Waals surface area contributed by atoms with Crippen molar-refractivity contribution in [1.29, 1.82) is 0 Å². The molecule has 2 aliphatic rings. The van der Waals surface area contributed by atoms with E-state index in [1.54, 1.807) is 0 Å². The molecule has 1 saturated heterocycles. The number of carbonyl (C=O) groups excluding carboxylic acids is 1. The van der Waals surface area contributed by atoms with E-state index in [0.717, 1.165) is 44.1 Å². The number of hydrogen-bond acceptors (Lipinski definition) is 4. The second-order valence-electron chi connectivity index (χ2n) is 6.69. The second kappa shape index (κ2) is 6.80. The number of amides is 1. The Morgan fingerprint density at radius 1 is 1.17 bits per heavy atom. The normalized spacial score (nSPS) is 21.4. The van der Waals surface area contributed by atoms with Crippen LogP contribution in [-0.4, -0.2) is 49.6 Å². The van der Waals surface area contributed by atoms with Gasteiger partial charge in [-0.1, -0.05) is 0 Å². The molecule has 5 nitrogen and oxygen atoms in total. The Labute approximate surface area is 142 Å². The van der Waals surface area contributed by atoms with E-state index < -0.39 is 26.8 Å². The molecular formula is C17H23FN2O3S. The Morgan fingerprint density at radius 3 is 2.29 bits per heavy atom. The molecular weight excluding hydrogens is 331 g/mol. The zero-order valence-corrected chi connectivity index (χ0v) is 14.6. The van der Waals surface area contributed by atoms with Crippen LogP contribution in [0.3, 0.4) is 0 Å². The summed E-state index contributed by atoms with van der Waals surface area (Å²) in [6, 6.07) is 5.32. The van der Waals surface area contributed by atoms with E-state index in [2.05, 4.69) is 10.2 Å². The number of piperidine rings is 1. The molecule has 1 aliphatic heterocycles. The lowest BCUT2D eigenvalue weighted by molar-refractivity contribution is -0.121. The Hall–Kier alpha value is -1.47. The number of halogens is 1. The number of rotatable bonds is 5. The van der Waals surface area contributed by atoms with Gasteiger partial charge in [0.1, 0.15) is 11.1 Å². The molecule has 0 spiro atoms. The first-order valence-corrected chi connectivity index (χ1v) is 9.96. The lowest BCUT2D eigenvalue weighted by Gasteiger charge is -2.32. The number of likely N-dealkylation sites (tertiary alicyclic amines) is 1. The Morgan fingerprint density at radius 2 is 1.75 bits per heavy atom. The van der Waals surface area contributed by atoms with Crippen LogP contribution < -0.4 is 5.32 Å². The summed E-state index contributed by atoms with van der Waals surface area (Å²) in [5.74, 6) is -0.988. The summed E-state index contributed by atoms with van der Waals surface area (Å²) in [5.41, 5.74) is 0. The van der Waals surface area contributed by atoms with Crippen LogP contribution in [-0.2, 0) is 14.6 Å². The van der Waals surface area contributed by atoms with Crippen molar-refractivity contribution >= 4 is 15.7 Å². The van der Waals surface area contributed by atoms with Gasteiger partial charge >= 0.3 is 0 Å². The highest BCUT2D eigenvalue weighted by molar-refractivity contribution is 7.92. The minimum Gasteiger partial charge on any atom is -0.352 e. The zero-order chi connectivity index (χ0) is 17.3. The quantitative estimate of drug-likeness (QED) is 0.818. The van der Waals surface area contributed by atoms with Gasteiger partial charge in [-0.25, -0.2) is 12.8 Å². The van der Waals surface area contributed by atoms with E-state index in [4.69, 9.17) is 0 Å². The smallest absolute Gasteiger partial charge is 0.238 e. The van der Waals surface area contributed by atoms with Crippen LogP contribution in [0, 0.1) is 5.82 Å². The number of carbonyl (C=O) groups is 1. The molecule has 1 N–H and O–H groups in total. The first-order valence-electron chi connectivity index (χ1n) is 8.42. The van der Waals surface area contributed by atoms with E-state index in [1.165, 1.54) is 31.9 Å². The number of nitrogens with one attached hydrogen (secondary N) is 1. The Balaban J connectivity index is 1.58. The third kappa shape index (κ3) is 3.78. The van der Waals surface area contributed by atoms with Gasteiger partial charge in [0.2, 0.25) is 5.91 Å². The first kappa shape index (κ1) is 17.4. The molecule has 0 unspecified atom stereocenters. The molecule has 1 saturated carbocycles. The largest absolute Gasteiger partial charge is 0.352 e. The lowest BCUT2D eigenvalue weighted by Crippen LogP contribution is -2.48. The minimum absolute atomic E-state index is 0.0263. The highest BCUT2D eigenvalue weighted by Gasteiger charge is 2.34. The second-order valence-corrected chi connectivity index (χ2v) is 8.96. The topological polar surface area (TPSA) is 66.5 Å². The third-order valence-electron chi connectivity index (χ3n) is 4.92. The highest BCUT2D eigenvalue weighted by Crippen LogP contribution is 2.29. The molecule has 132 valence electrons. The highest BCUT2D eigenvalue weighted by atomic mass is 32.2. The van der Waals surface area contributed by atoms with Gasteiger partial charge in [-0.15, -0.1) is 0 Å². The van der Waals surface area contributed by atoms with Crippen LogP contribution in [0.4, 0.5) is 4.39 Å². The monoisotopic (exact) mass is 354 g/mol. The van der Waals surface area contributed by atoms with Gasteiger partial charge in [0.15, 0.2) is 9.84 Å². The van der Waals surface area contributed by atoms with E-state index in [0.29, 0.717) is 0 Å². The molecule has 1 aliphatic carbocycles. The third-order valence-corrected chi connectivity index (χ3v) is 6.99. The van der Waals surface area contributed by atoms with E-state index in [-0.39, 0.29) is 10.9 Å². The molecule has 1 aromatic rings. The fourth-order valence-corrected chi connectivity index (χ4v) is 4.41. The summed E-state index contributed by atoms with van der Waals surface area (Å²) in [6.45, 7) is 3.29. The SMILES string of the molecule is C[C@@H](C(=O)NC1CCN(C2CC2)CC1)S(=O)(=O)c1ccc(F)cc1. The summed E-state index contributed by atoms with van der Waals surface area (Å²) in [6.07, 6.45) is 4.24. The van der Waals surface area contributed by atoms with Crippen molar-refractivity contribution in [2.45, 2.75) is 54.8 Å². The van der Waals surface area contributed by atoms with Crippen molar-refractivity contribution in [2.24, 2.45) is 0 Å². The Kier molecular flexibility index (Phi) is 4.92. The molecule has 1 atom stereocenters. The van der Waals surface area contributed by atoms with Gasteiger partial charge in [0.05, 0.1) is 4.90 Å². The van der Waals surface area contributed by atoms with Gasteiger partial charge in [0.25, 0.3) is 0 Å². The molecule has 0 aromatic heterocycles. The van der Waals surface area contributed by atoms with Gasteiger partial charge in [0, 0.05) is 25.2 Å². The average Bonchev–Trinajstić information content (AvgIpc) is 3.40. The average molecular weight is 354 g/mol. The number of benzene rings is 1. The van der Waals surface area contributed by atoms with Crippen LogP contribution in [0.5, 0.6) is 0 Å². The zero-order valence-electron chi connectivity index (χ0n) is 13.7. The minimum atomic E-state index is -3.81. The van der Waals surface area contributed by atoms with Crippen molar-refractivity contribution in [1.82, 2.24) is 10.2 Å². The molecule has 1 aromatic carbocycles. The van der Waals surface area contributed by atoms with Crippen molar-refractivity contribution < 1.29 is 17.6 Å². The van der Waals surface area contributed by atoms with Gasteiger partial charge in [-0.2, -0.15) is 0 Å². The van der Waals surface area contributed by atoms with E-state index in [1.807, 2.05) is 0 Å². The van der Waals surface area contributed by atoms with E-state index in [9.17, 15) is 17.6 Å². The first-order chi connectivity index (χ1) is 11.4. The van der Waals surface area contributed by atoms with Crippen molar-refractivity contribution in [3.05, 3.63) is 30.1 Å². The van der Waals surface area contributed by atoms with Crippen LogP contribution in [0.15, 0.2) is 29.2 Å². The predicted octanol–water partition coefficient (Wildman–Crippen LogP) is 1.73. The summed E-state index contributed by atoms with van der Waals surface area (Å²) in [4.78, 5) is 14.8. The van der Waals surface area contributed by atoms with Gasteiger partial charge in [-0.3, -0.25) is 4.79 Å². The fraction of sp³-hybridized carbons (Fsp3) is 0.588. The molecule has 0 bridgehead atoms. The van der Waals surface area contributed by atoms with E-state index >= 15 is 0 Å². The number of sulfone groups is 1. The summed E-state index contributed by atoms with van der Waals surface area (Å²) in [5, 5.41) is 1.68. The van der Waals surface area contributed by atoms with Crippen molar-refractivity contribution in [3.63, 3.8) is 0 Å². The maximum Gasteiger partial charge on any atom is 0.238 e. The van der Waals surface area contributed by atoms with Crippen LogP contribution in [0.1, 0.15) is 32.6 Å². The van der Waals surface area contributed by atoms with Gasteiger partial charge in [-0.05, 0) is 56.9 Å². The maximum atomic E-state index is 13.0. The summed E-state index contributed by atoms with van der Waals surface area (Å²) >= 11 is 0. The fourth-order valence-electron chi connectivity index (χ4n) is 3.14. The number of hydrogen-bond donors (Lipinski definition) is 1. The molecule has 24 heavy (non-hydrogen) atoms. The Bertz CT molecular complexity index is 693. The predicted molar refractivity (Wildman–Crippen MR) is 88.8 cm³/mol. The molecule has 0 radical (unpaired) electrons. The molecule has 1 amide bonds. The van der Waals surface area contributed by atoms with Crippen LogP contribution in [0.2, 0.25) is 0 Å². The molecule has 7 heteroatoms. The van der Waals surface area contributed by atoms with Crippen LogP contribution >= 0.6 is 0 Å². The maximum absolute atomic E-state index is 13.0. The summed E-state index contributed by atoms with van der Waals surface area (Å²) < 4.78 is 37.9. The standard InChI is InChI=1S/C17H23FN2O3S/c1-12(24(22,23)16-6-2-13(18)3-7-16)17(21)19-14-8-10-20(11-9-14)15-4-5-15/h2-3,6-7,12,14-15H,4-5,8-11H2,1H3,(H,19,21)/t12-/m0/s1. The lowest BCUT2D eigenvalue weighted by atomic mass is 10.0. The van der Waals surface area contributed by atoms with Crippen LogP contribution in [0.25, 0.3) is 0 Å². The summed E-state index contributed by atoms with van der Waals surface area (Å²) in [7, 11) is -3.81. The molecule has 3 rings (SSSR count). The van der Waals surface area contributed by atoms with Crippen molar-refractivity contribution in [2.75, 3.05) is 13.1 Å². The number of nitrogens with zero attached hydrogens (tertiary/aromatic N) is 1. The molecule has 1 heterocycles. The van der Waals surface area contributed by atoms with Gasteiger partial charge < -0.3 is 10.2 Å².